The first-order valence-corrected chi connectivity index (χ1v) is 7.98. The zero-order chi connectivity index (χ0) is 16.5. The summed E-state index contributed by atoms with van der Waals surface area (Å²) in [5.41, 5.74) is 0. The van der Waals surface area contributed by atoms with Crippen LogP contribution in [0, 0.1) is 0 Å². The van der Waals surface area contributed by atoms with Crippen molar-refractivity contribution in [1.82, 2.24) is 0 Å². The van der Waals surface area contributed by atoms with Crippen LogP contribution in [0.2, 0.25) is 0 Å². The van der Waals surface area contributed by atoms with Gasteiger partial charge < -0.3 is 20.4 Å². The summed E-state index contributed by atoms with van der Waals surface area (Å²) >= 11 is 0. The molecule has 0 bridgehead atoms. The fourth-order valence-corrected chi connectivity index (χ4v) is 0.577. The van der Waals surface area contributed by atoms with Gasteiger partial charge in [0.05, 0.1) is 0 Å². The van der Waals surface area contributed by atoms with Gasteiger partial charge in [0, 0.05) is 21.1 Å². The Kier molecular flexibility index (Phi) is 78.9. The first kappa shape index (κ1) is 33.2. The van der Waals surface area contributed by atoms with E-state index in [1.807, 2.05) is 27.7 Å². The fourth-order valence-electron chi connectivity index (χ4n) is 0.577. The molecule has 134 valence electrons. The molecule has 0 atom stereocenters. The maximum absolute atomic E-state index is 9.53. The molecule has 0 aromatic carbocycles. The Balaban J connectivity index is -0.0000000533. The van der Waals surface area contributed by atoms with E-state index in [4.69, 9.17) is 0 Å². The summed E-state index contributed by atoms with van der Waals surface area (Å²) in [7, 11) is 0. The third-order valence-electron chi connectivity index (χ3n) is 1.99. The van der Waals surface area contributed by atoms with Crippen molar-refractivity contribution in [3.05, 3.63) is 0 Å². The van der Waals surface area contributed by atoms with Gasteiger partial charge in [-0.05, 0) is 0 Å². The minimum Gasteiger partial charge on any atom is -0.854 e. The largest absolute Gasteiger partial charge is 0.854 e. The van der Waals surface area contributed by atoms with Gasteiger partial charge in [0.15, 0.2) is 0 Å². The molecule has 0 aliphatic carbocycles. The number of hydrogen-bond donors (Lipinski definition) is 0. The van der Waals surface area contributed by atoms with Crippen molar-refractivity contribution < 1.29 is 41.5 Å². The molecule has 0 saturated carbocycles. The summed E-state index contributed by atoms with van der Waals surface area (Å²) in [6, 6.07) is 0. The van der Waals surface area contributed by atoms with E-state index >= 15 is 0 Å². The van der Waals surface area contributed by atoms with Gasteiger partial charge in [0.25, 0.3) is 0 Å². The number of unbranched alkanes of at least 4 members (excludes halogenated alkanes) is 4. The van der Waals surface area contributed by atoms with E-state index in [0.717, 1.165) is 51.4 Å². The van der Waals surface area contributed by atoms with Crippen LogP contribution in [-0.4, -0.2) is 26.4 Å². The van der Waals surface area contributed by atoms with E-state index < -0.39 is 0 Å². The SMILES string of the molecule is CCCC[O-].CCCC[O-].CCCC[O-].CCCC[O-].[W]. The molecule has 4 nitrogen and oxygen atoms in total. The zero-order valence-electron chi connectivity index (χ0n) is 14.5. The Morgan fingerprint density at radius 2 is 0.571 bits per heavy atom. The fraction of sp³-hybridized carbons (Fsp3) is 1.00. The Morgan fingerprint density at radius 1 is 0.429 bits per heavy atom. The van der Waals surface area contributed by atoms with E-state index in [9.17, 15) is 20.4 Å². The van der Waals surface area contributed by atoms with Crippen molar-refractivity contribution in [2.45, 2.75) is 79.1 Å². The van der Waals surface area contributed by atoms with Crippen molar-refractivity contribution in [3.63, 3.8) is 0 Å². The van der Waals surface area contributed by atoms with E-state index in [-0.39, 0.29) is 47.5 Å². The zero-order valence-corrected chi connectivity index (χ0v) is 17.5. The Labute approximate surface area is 147 Å². The second kappa shape index (κ2) is 49.9. The first-order chi connectivity index (χ1) is 9.66. The molecule has 0 rings (SSSR count). The molecule has 0 aliphatic heterocycles. The van der Waals surface area contributed by atoms with Crippen molar-refractivity contribution in [2.24, 2.45) is 0 Å². The standard InChI is InChI=1S/4C4H9O.W/c4*1-2-3-4-5;/h4*2-4H2,1H3;/q4*-1;. The molecular formula is C16H36O4W-4. The van der Waals surface area contributed by atoms with Gasteiger partial charge in [0.2, 0.25) is 0 Å². The van der Waals surface area contributed by atoms with Crippen LogP contribution in [-0.2, 0) is 21.1 Å². The van der Waals surface area contributed by atoms with Crippen LogP contribution in [0.4, 0.5) is 0 Å². The summed E-state index contributed by atoms with van der Waals surface area (Å²) in [4.78, 5) is 0. The summed E-state index contributed by atoms with van der Waals surface area (Å²) < 4.78 is 0. The average molecular weight is 476 g/mol. The second-order valence-corrected chi connectivity index (χ2v) is 4.23. The Bertz CT molecular complexity index is 74.3. The van der Waals surface area contributed by atoms with Crippen LogP contribution < -0.4 is 20.4 Å². The van der Waals surface area contributed by atoms with Crippen LogP contribution in [0.5, 0.6) is 0 Å². The van der Waals surface area contributed by atoms with Crippen LogP contribution >= 0.6 is 0 Å². The quantitative estimate of drug-likeness (QED) is 0.513. The van der Waals surface area contributed by atoms with Gasteiger partial charge in [-0.15, -0.1) is 26.4 Å². The molecule has 5 heteroatoms. The molecule has 0 heterocycles. The summed E-state index contributed by atoms with van der Waals surface area (Å²) in [6.07, 6.45) is 7.46. The van der Waals surface area contributed by atoms with Gasteiger partial charge in [0.1, 0.15) is 0 Å². The molecule has 21 heavy (non-hydrogen) atoms. The van der Waals surface area contributed by atoms with Crippen molar-refractivity contribution in [2.75, 3.05) is 26.4 Å². The van der Waals surface area contributed by atoms with Crippen molar-refractivity contribution in [1.29, 1.82) is 0 Å². The van der Waals surface area contributed by atoms with Crippen LogP contribution in [0.25, 0.3) is 0 Å². The molecule has 0 aliphatic rings. The van der Waals surface area contributed by atoms with E-state index in [2.05, 4.69) is 0 Å². The maximum Gasteiger partial charge on any atom is 0 e. The molecule has 0 radical (unpaired) electrons. The number of hydrogen-bond acceptors (Lipinski definition) is 4. The minimum absolute atomic E-state index is 0. The van der Waals surface area contributed by atoms with Gasteiger partial charge >= 0.3 is 0 Å². The predicted molar refractivity (Wildman–Crippen MR) is 79.1 cm³/mol. The summed E-state index contributed by atoms with van der Waals surface area (Å²) in [6.45, 7) is 8.42. The molecule has 0 spiro atoms. The normalized spacial score (nSPS) is 8.00. The molecule has 0 saturated heterocycles. The van der Waals surface area contributed by atoms with Gasteiger partial charge in [-0.3, -0.25) is 0 Å². The van der Waals surface area contributed by atoms with E-state index in [1.165, 1.54) is 0 Å². The monoisotopic (exact) mass is 476 g/mol. The van der Waals surface area contributed by atoms with Gasteiger partial charge in [-0.25, -0.2) is 0 Å². The molecule has 0 unspecified atom stereocenters. The predicted octanol–water partition coefficient (Wildman–Crippen LogP) is 0.585. The summed E-state index contributed by atoms with van der Waals surface area (Å²) in [5, 5.41) is 38.1. The first-order valence-electron chi connectivity index (χ1n) is 7.98. The summed E-state index contributed by atoms with van der Waals surface area (Å²) in [5.74, 6) is 0. The molecular weight excluding hydrogens is 440 g/mol. The van der Waals surface area contributed by atoms with Crippen LogP contribution in [0.15, 0.2) is 0 Å². The van der Waals surface area contributed by atoms with Gasteiger partial charge in [-0.2, -0.15) is 0 Å². The molecule has 0 N–H and O–H groups in total. The molecule has 0 aromatic rings. The molecule has 0 fully saturated rings. The van der Waals surface area contributed by atoms with Crippen molar-refractivity contribution >= 4 is 0 Å². The van der Waals surface area contributed by atoms with Gasteiger partial charge in [-0.1, -0.05) is 79.1 Å². The van der Waals surface area contributed by atoms with Crippen molar-refractivity contribution in [3.8, 4) is 0 Å². The van der Waals surface area contributed by atoms with Crippen LogP contribution in [0.3, 0.4) is 0 Å². The van der Waals surface area contributed by atoms with Crippen LogP contribution in [0.1, 0.15) is 79.1 Å². The minimum atomic E-state index is 0. The second-order valence-electron chi connectivity index (χ2n) is 4.23. The Hall–Kier alpha value is 0.528. The maximum atomic E-state index is 9.53. The van der Waals surface area contributed by atoms with E-state index in [1.54, 1.807) is 0 Å². The Morgan fingerprint density at radius 3 is 0.571 bits per heavy atom. The molecule has 0 amide bonds. The molecule has 0 aromatic heterocycles. The third kappa shape index (κ3) is 96.9. The van der Waals surface area contributed by atoms with E-state index in [0.29, 0.717) is 0 Å². The number of rotatable bonds is 8. The average Bonchev–Trinajstić information content (AvgIpc) is 2.44. The topological polar surface area (TPSA) is 92.2 Å². The smallest absolute Gasteiger partial charge is 0 e. The third-order valence-corrected chi connectivity index (χ3v) is 1.99.